The van der Waals surface area contributed by atoms with E-state index in [1.165, 1.54) is 0 Å². The van der Waals surface area contributed by atoms with Crippen molar-refractivity contribution in [1.29, 1.82) is 0 Å². The van der Waals surface area contributed by atoms with Crippen molar-refractivity contribution >= 4 is 17.5 Å². The zero-order valence-electron chi connectivity index (χ0n) is 15.1. The lowest BCUT2D eigenvalue weighted by Crippen LogP contribution is -2.31. The van der Waals surface area contributed by atoms with E-state index < -0.39 is 0 Å². The van der Waals surface area contributed by atoms with Crippen molar-refractivity contribution in [2.75, 3.05) is 11.9 Å². The summed E-state index contributed by atoms with van der Waals surface area (Å²) in [7, 11) is 0. The van der Waals surface area contributed by atoms with Crippen molar-refractivity contribution in [3.8, 4) is 5.75 Å². The van der Waals surface area contributed by atoms with Crippen LogP contribution in [-0.2, 0) is 4.79 Å². The molecule has 0 bridgehead atoms. The van der Waals surface area contributed by atoms with Crippen LogP contribution in [0.15, 0.2) is 42.5 Å². The van der Waals surface area contributed by atoms with Crippen LogP contribution in [0.5, 0.6) is 5.75 Å². The van der Waals surface area contributed by atoms with Crippen molar-refractivity contribution in [1.82, 2.24) is 5.32 Å². The van der Waals surface area contributed by atoms with E-state index in [9.17, 15) is 9.59 Å². The number of hydrogen-bond donors (Lipinski definition) is 2. The van der Waals surface area contributed by atoms with Gasteiger partial charge in [-0.3, -0.25) is 9.59 Å². The van der Waals surface area contributed by atoms with Crippen LogP contribution in [0.4, 0.5) is 5.69 Å². The van der Waals surface area contributed by atoms with Gasteiger partial charge in [-0.1, -0.05) is 29.8 Å². The van der Waals surface area contributed by atoms with Gasteiger partial charge in [-0.2, -0.15) is 0 Å². The zero-order chi connectivity index (χ0) is 18.4. The van der Waals surface area contributed by atoms with E-state index in [1.54, 1.807) is 24.3 Å². The summed E-state index contributed by atoms with van der Waals surface area (Å²) in [5.41, 5.74) is 3.01. The average molecular weight is 340 g/mol. The van der Waals surface area contributed by atoms with Crippen molar-refractivity contribution in [3.05, 3.63) is 59.2 Å². The number of anilines is 1. The van der Waals surface area contributed by atoms with E-state index in [1.807, 2.05) is 45.9 Å². The summed E-state index contributed by atoms with van der Waals surface area (Å²) in [6.45, 7) is 7.59. The number of carbonyl (C=O) groups is 2. The highest BCUT2D eigenvalue weighted by Gasteiger charge is 2.14. The maximum absolute atomic E-state index is 12.2. The first-order valence-electron chi connectivity index (χ1n) is 8.26. The summed E-state index contributed by atoms with van der Waals surface area (Å²) < 4.78 is 5.58. The Morgan fingerprint density at radius 1 is 1.08 bits per heavy atom. The van der Waals surface area contributed by atoms with Gasteiger partial charge in [-0.05, 0) is 51.5 Å². The largest absolute Gasteiger partial charge is 0.483 e. The molecule has 2 amide bonds. The molecule has 5 nitrogen and oxygen atoms in total. The average Bonchev–Trinajstić information content (AvgIpc) is 2.54. The second-order valence-corrected chi connectivity index (χ2v) is 6.28. The van der Waals surface area contributed by atoms with Crippen molar-refractivity contribution in [3.63, 3.8) is 0 Å². The number of aryl methyl sites for hydroxylation is 2. The summed E-state index contributed by atoms with van der Waals surface area (Å²) in [6.07, 6.45) is 0. The molecule has 0 aromatic heterocycles. The van der Waals surface area contributed by atoms with Gasteiger partial charge in [0.15, 0.2) is 6.61 Å². The van der Waals surface area contributed by atoms with E-state index in [0.29, 0.717) is 17.0 Å². The van der Waals surface area contributed by atoms with Crippen LogP contribution in [0.25, 0.3) is 0 Å². The molecule has 0 fully saturated rings. The third kappa shape index (κ3) is 5.35. The fourth-order valence-corrected chi connectivity index (χ4v) is 2.42. The third-order valence-electron chi connectivity index (χ3n) is 3.55. The van der Waals surface area contributed by atoms with E-state index in [-0.39, 0.29) is 24.5 Å². The molecule has 0 saturated carbocycles. The molecule has 0 aliphatic carbocycles. The topological polar surface area (TPSA) is 67.4 Å². The Morgan fingerprint density at radius 3 is 2.48 bits per heavy atom. The molecule has 132 valence electrons. The van der Waals surface area contributed by atoms with Crippen LogP contribution in [-0.4, -0.2) is 24.5 Å². The lowest BCUT2D eigenvalue weighted by atomic mass is 10.1. The third-order valence-corrected chi connectivity index (χ3v) is 3.55. The van der Waals surface area contributed by atoms with Crippen LogP contribution < -0.4 is 15.4 Å². The highest BCUT2D eigenvalue weighted by atomic mass is 16.5. The van der Waals surface area contributed by atoms with Gasteiger partial charge in [0.2, 0.25) is 0 Å². The number of carbonyl (C=O) groups excluding carboxylic acids is 2. The summed E-state index contributed by atoms with van der Waals surface area (Å²) in [5, 5.41) is 5.56. The van der Waals surface area contributed by atoms with Gasteiger partial charge in [0.25, 0.3) is 11.8 Å². The number of nitrogens with one attached hydrogen (secondary N) is 2. The van der Waals surface area contributed by atoms with Crippen LogP contribution in [0.1, 0.15) is 35.3 Å². The van der Waals surface area contributed by atoms with Gasteiger partial charge in [-0.25, -0.2) is 0 Å². The fourth-order valence-electron chi connectivity index (χ4n) is 2.42. The molecule has 0 aliphatic rings. The Kier molecular flexibility index (Phi) is 6.17. The van der Waals surface area contributed by atoms with E-state index in [2.05, 4.69) is 10.6 Å². The van der Waals surface area contributed by atoms with Gasteiger partial charge in [0.05, 0.1) is 11.3 Å². The standard InChI is InChI=1S/C20H24N2O3/c1-13(2)21-20(24)16-7-5-6-8-17(16)22-19(23)12-25-18-10-9-14(3)11-15(18)4/h5-11,13H,12H2,1-4H3,(H,21,24)(H,22,23). The molecule has 2 aromatic rings. The Balaban J connectivity index is 2.02. The first-order valence-corrected chi connectivity index (χ1v) is 8.26. The van der Waals surface area contributed by atoms with Gasteiger partial charge in [0.1, 0.15) is 5.75 Å². The molecule has 5 heteroatoms. The molecule has 0 saturated heterocycles. The Hall–Kier alpha value is -2.82. The molecule has 25 heavy (non-hydrogen) atoms. The lowest BCUT2D eigenvalue weighted by molar-refractivity contribution is -0.118. The molecule has 0 aliphatic heterocycles. The molecular weight excluding hydrogens is 316 g/mol. The molecule has 0 atom stereocenters. The van der Waals surface area contributed by atoms with Gasteiger partial charge < -0.3 is 15.4 Å². The number of benzene rings is 2. The number of ether oxygens (including phenoxy) is 1. The minimum Gasteiger partial charge on any atom is -0.483 e. The maximum Gasteiger partial charge on any atom is 0.262 e. The molecular formula is C20H24N2O3. The van der Waals surface area contributed by atoms with Crippen molar-refractivity contribution in [2.45, 2.75) is 33.7 Å². The predicted octanol–water partition coefficient (Wildman–Crippen LogP) is 3.46. The summed E-state index contributed by atoms with van der Waals surface area (Å²) in [6, 6.07) is 12.7. The summed E-state index contributed by atoms with van der Waals surface area (Å²) >= 11 is 0. The first-order chi connectivity index (χ1) is 11.9. The molecule has 2 N–H and O–H groups in total. The minimum absolute atomic E-state index is 0.0177. The molecule has 0 radical (unpaired) electrons. The molecule has 2 aromatic carbocycles. The number of amides is 2. The lowest BCUT2D eigenvalue weighted by Gasteiger charge is -2.14. The van der Waals surface area contributed by atoms with Crippen LogP contribution in [0.2, 0.25) is 0 Å². The quantitative estimate of drug-likeness (QED) is 0.846. The predicted molar refractivity (Wildman–Crippen MR) is 99.1 cm³/mol. The highest BCUT2D eigenvalue weighted by molar-refractivity contribution is 6.04. The summed E-state index contributed by atoms with van der Waals surface area (Å²) in [5.74, 6) is 0.137. The van der Waals surface area contributed by atoms with Gasteiger partial charge in [0, 0.05) is 6.04 Å². The van der Waals surface area contributed by atoms with E-state index in [4.69, 9.17) is 4.74 Å². The van der Waals surface area contributed by atoms with E-state index >= 15 is 0 Å². The van der Waals surface area contributed by atoms with E-state index in [0.717, 1.165) is 11.1 Å². The monoisotopic (exact) mass is 340 g/mol. The zero-order valence-corrected chi connectivity index (χ0v) is 15.1. The molecule has 0 spiro atoms. The molecule has 2 rings (SSSR count). The Bertz CT molecular complexity index is 769. The smallest absolute Gasteiger partial charge is 0.262 e. The van der Waals surface area contributed by atoms with Crippen molar-refractivity contribution < 1.29 is 14.3 Å². The Labute approximate surface area is 148 Å². The highest BCUT2D eigenvalue weighted by Crippen LogP contribution is 2.19. The fraction of sp³-hybridized carbons (Fsp3) is 0.300. The normalized spacial score (nSPS) is 10.4. The summed E-state index contributed by atoms with van der Waals surface area (Å²) in [4.78, 5) is 24.4. The number of para-hydroxylation sites is 1. The SMILES string of the molecule is Cc1ccc(OCC(=O)Nc2ccccc2C(=O)NC(C)C)c(C)c1. The maximum atomic E-state index is 12.2. The van der Waals surface area contributed by atoms with Crippen molar-refractivity contribution in [2.24, 2.45) is 0 Å². The van der Waals surface area contributed by atoms with Crippen LogP contribution >= 0.6 is 0 Å². The second kappa shape index (κ2) is 8.33. The number of rotatable bonds is 6. The first kappa shape index (κ1) is 18.5. The second-order valence-electron chi connectivity index (χ2n) is 6.28. The minimum atomic E-state index is -0.315. The van der Waals surface area contributed by atoms with Crippen LogP contribution in [0.3, 0.4) is 0 Å². The Morgan fingerprint density at radius 2 is 1.80 bits per heavy atom. The number of hydrogen-bond acceptors (Lipinski definition) is 3. The van der Waals surface area contributed by atoms with Gasteiger partial charge in [-0.15, -0.1) is 0 Å². The molecule has 0 unspecified atom stereocenters. The van der Waals surface area contributed by atoms with Crippen LogP contribution in [0, 0.1) is 13.8 Å². The van der Waals surface area contributed by atoms with Gasteiger partial charge >= 0.3 is 0 Å². The molecule has 0 heterocycles.